The highest BCUT2D eigenvalue weighted by Crippen LogP contribution is 2.29. The van der Waals surface area contributed by atoms with E-state index in [9.17, 15) is 9.18 Å². The van der Waals surface area contributed by atoms with Gasteiger partial charge in [-0.25, -0.2) is 9.37 Å². The fourth-order valence-corrected chi connectivity index (χ4v) is 3.01. The highest BCUT2D eigenvalue weighted by atomic mass is 19.1. The van der Waals surface area contributed by atoms with Gasteiger partial charge in [-0.15, -0.1) is 0 Å². The third kappa shape index (κ3) is 4.74. The van der Waals surface area contributed by atoms with E-state index in [1.54, 1.807) is 42.7 Å². The largest absolute Gasteiger partial charge is 0.490 e. The van der Waals surface area contributed by atoms with E-state index in [4.69, 9.17) is 9.47 Å². The number of ether oxygens (including phenoxy) is 2. The molecular weight excluding hydrogens is 373 g/mol. The lowest BCUT2D eigenvalue weighted by molar-refractivity contribution is 0.0940. The highest BCUT2D eigenvalue weighted by molar-refractivity contribution is 5.95. The summed E-state index contributed by atoms with van der Waals surface area (Å²) in [7, 11) is 1.84. The molecule has 0 saturated heterocycles. The summed E-state index contributed by atoms with van der Waals surface area (Å²) in [6.07, 6.45) is 3.45. The number of hydrogen-bond donors (Lipinski definition) is 1. The Morgan fingerprint density at radius 2 is 1.79 bits per heavy atom. The zero-order valence-corrected chi connectivity index (χ0v) is 16.7. The minimum absolute atomic E-state index is 0.300. The maximum absolute atomic E-state index is 13.4. The molecule has 0 radical (unpaired) electrons. The van der Waals surface area contributed by atoms with Crippen molar-refractivity contribution in [3.8, 4) is 11.5 Å². The summed E-state index contributed by atoms with van der Waals surface area (Å²) in [4.78, 5) is 17.4. The van der Waals surface area contributed by atoms with E-state index >= 15 is 0 Å². The topological polar surface area (TPSA) is 65.4 Å². The SMILES string of the molecule is CCOc1ccc(C(=O)NC(c2ccc(F)cc2)c2nccn2C)cc1OCC. The van der Waals surface area contributed by atoms with Crippen LogP contribution in [0.4, 0.5) is 4.39 Å². The second-order valence-electron chi connectivity index (χ2n) is 6.38. The molecule has 0 fully saturated rings. The van der Waals surface area contributed by atoms with Crippen LogP contribution in [-0.4, -0.2) is 28.7 Å². The van der Waals surface area contributed by atoms with Crippen LogP contribution in [0.1, 0.15) is 41.6 Å². The maximum Gasteiger partial charge on any atom is 0.252 e. The average Bonchev–Trinajstić information content (AvgIpc) is 3.14. The Balaban J connectivity index is 1.91. The van der Waals surface area contributed by atoms with Gasteiger partial charge in [-0.05, 0) is 49.7 Å². The summed E-state index contributed by atoms with van der Waals surface area (Å²) in [5.74, 6) is 1.10. The molecule has 0 saturated carbocycles. The summed E-state index contributed by atoms with van der Waals surface area (Å²) in [6, 6.07) is 10.5. The molecule has 1 atom stereocenters. The van der Waals surface area contributed by atoms with Gasteiger partial charge in [-0.1, -0.05) is 12.1 Å². The molecule has 1 unspecified atom stereocenters. The van der Waals surface area contributed by atoms with Gasteiger partial charge in [0.25, 0.3) is 5.91 Å². The van der Waals surface area contributed by atoms with Crippen LogP contribution in [0.15, 0.2) is 54.9 Å². The normalized spacial score (nSPS) is 11.7. The number of aryl methyl sites for hydroxylation is 1. The molecule has 0 aliphatic heterocycles. The van der Waals surface area contributed by atoms with Gasteiger partial charge in [0.2, 0.25) is 0 Å². The lowest BCUT2D eigenvalue weighted by atomic mass is 10.0. The Labute approximate surface area is 169 Å². The van der Waals surface area contributed by atoms with Gasteiger partial charge in [-0.3, -0.25) is 4.79 Å². The first kappa shape index (κ1) is 20.4. The number of carbonyl (C=O) groups excluding carboxylic acids is 1. The number of halogens is 1. The van der Waals surface area contributed by atoms with Crippen LogP contribution in [-0.2, 0) is 7.05 Å². The lowest BCUT2D eigenvalue weighted by Gasteiger charge is -2.20. The van der Waals surface area contributed by atoms with E-state index in [0.717, 1.165) is 5.56 Å². The van der Waals surface area contributed by atoms with Crippen molar-refractivity contribution in [3.63, 3.8) is 0 Å². The summed E-state index contributed by atoms with van der Waals surface area (Å²) >= 11 is 0. The van der Waals surface area contributed by atoms with Crippen LogP contribution < -0.4 is 14.8 Å². The van der Waals surface area contributed by atoms with E-state index in [-0.39, 0.29) is 11.7 Å². The number of nitrogens with one attached hydrogen (secondary N) is 1. The van der Waals surface area contributed by atoms with Crippen LogP contribution in [0.2, 0.25) is 0 Å². The Bertz CT molecular complexity index is 970. The fraction of sp³-hybridized carbons (Fsp3) is 0.273. The molecule has 29 heavy (non-hydrogen) atoms. The first-order valence-corrected chi connectivity index (χ1v) is 9.46. The molecule has 152 valence electrons. The molecular formula is C22H24FN3O3. The smallest absolute Gasteiger partial charge is 0.252 e. The molecule has 3 rings (SSSR count). The minimum atomic E-state index is -0.537. The zero-order chi connectivity index (χ0) is 20.8. The van der Waals surface area contributed by atoms with Gasteiger partial charge < -0.3 is 19.4 Å². The number of carbonyl (C=O) groups is 1. The number of amides is 1. The third-order valence-corrected chi connectivity index (χ3v) is 4.40. The number of aromatic nitrogens is 2. The number of rotatable bonds is 8. The van der Waals surface area contributed by atoms with Gasteiger partial charge in [0.05, 0.1) is 13.2 Å². The monoisotopic (exact) mass is 397 g/mol. The first-order valence-electron chi connectivity index (χ1n) is 9.46. The van der Waals surface area contributed by atoms with E-state index in [2.05, 4.69) is 10.3 Å². The second kappa shape index (κ2) is 9.23. The van der Waals surface area contributed by atoms with Gasteiger partial charge in [0.1, 0.15) is 17.7 Å². The van der Waals surface area contributed by atoms with Crippen molar-refractivity contribution < 1.29 is 18.7 Å². The van der Waals surface area contributed by atoms with E-state index < -0.39 is 6.04 Å². The lowest BCUT2D eigenvalue weighted by Crippen LogP contribution is -2.31. The van der Waals surface area contributed by atoms with Crippen molar-refractivity contribution >= 4 is 5.91 Å². The molecule has 0 aliphatic carbocycles. The zero-order valence-electron chi connectivity index (χ0n) is 16.7. The van der Waals surface area contributed by atoms with Gasteiger partial charge >= 0.3 is 0 Å². The van der Waals surface area contributed by atoms with Gasteiger partial charge in [-0.2, -0.15) is 0 Å². The van der Waals surface area contributed by atoms with Crippen LogP contribution in [0.5, 0.6) is 11.5 Å². The molecule has 1 amide bonds. The molecule has 0 aliphatic rings. The second-order valence-corrected chi connectivity index (χ2v) is 6.38. The number of hydrogen-bond acceptors (Lipinski definition) is 4. The Hall–Kier alpha value is -3.35. The van der Waals surface area contributed by atoms with Crippen molar-refractivity contribution in [2.75, 3.05) is 13.2 Å². The van der Waals surface area contributed by atoms with E-state index in [1.165, 1.54) is 12.1 Å². The van der Waals surface area contributed by atoms with Gasteiger partial charge in [0.15, 0.2) is 11.5 Å². The Morgan fingerprint density at radius 3 is 2.41 bits per heavy atom. The number of nitrogens with zero attached hydrogens (tertiary/aromatic N) is 2. The minimum Gasteiger partial charge on any atom is -0.490 e. The average molecular weight is 397 g/mol. The summed E-state index contributed by atoms with van der Waals surface area (Å²) in [6.45, 7) is 4.71. The molecule has 6 nitrogen and oxygen atoms in total. The van der Waals surface area contributed by atoms with Crippen molar-refractivity contribution in [3.05, 3.63) is 77.6 Å². The predicted molar refractivity (Wildman–Crippen MR) is 108 cm³/mol. The van der Waals surface area contributed by atoms with Crippen LogP contribution >= 0.6 is 0 Å². The molecule has 3 aromatic rings. The molecule has 1 N–H and O–H groups in total. The van der Waals surface area contributed by atoms with E-state index in [1.807, 2.05) is 25.5 Å². The highest BCUT2D eigenvalue weighted by Gasteiger charge is 2.22. The van der Waals surface area contributed by atoms with E-state index in [0.29, 0.717) is 36.1 Å². The van der Waals surface area contributed by atoms with Crippen LogP contribution in [0.25, 0.3) is 0 Å². The van der Waals surface area contributed by atoms with Crippen LogP contribution in [0, 0.1) is 5.82 Å². The number of imidazole rings is 1. The van der Waals surface area contributed by atoms with Gasteiger partial charge in [0, 0.05) is 25.0 Å². The maximum atomic E-state index is 13.4. The first-order chi connectivity index (χ1) is 14.0. The Kier molecular flexibility index (Phi) is 6.49. The molecule has 0 spiro atoms. The standard InChI is InChI=1S/C22H24FN3O3/c1-4-28-18-11-8-16(14-19(18)29-5-2)22(27)25-20(21-24-12-13-26(21)3)15-6-9-17(23)10-7-15/h6-14,20H,4-5H2,1-3H3,(H,25,27). The summed E-state index contributed by atoms with van der Waals surface area (Å²) in [5, 5.41) is 2.99. The van der Waals surface area contributed by atoms with Crippen molar-refractivity contribution in [2.45, 2.75) is 19.9 Å². The molecule has 1 heterocycles. The third-order valence-electron chi connectivity index (χ3n) is 4.40. The fourth-order valence-electron chi connectivity index (χ4n) is 3.01. The van der Waals surface area contributed by atoms with Crippen molar-refractivity contribution in [2.24, 2.45) is 7.05 Å². The summed E-state index contributed by atoms with van der Waals surface area (Å²) in [5.41, 5.74) is 1.16. The quantitative estimate of drug-likeness (QED) is 0.627. The molecule has 7 heteroatoms. The number of benzene rings is 2. The van der Waals surface area contributed by atoms with Crippen molar-refractivity contribution in [1.82, 2.24) is 14.9 Å². The Morgan fingerprint density at radius 1 is 1.10 bits per heavy atom. The van der Waals surface area contributed by atoms with Crippen molar-refractivity contribution in [1.29, 1.82) is 0 Å². The van der Waals surface area contributed by atoms with Crippen LogP contribution in [0.3, 0.4) is 0 Å². The summed E-state index contributed by atoms with van der Waals surface area (Å²) < 4.78 is 26.4. The molecule has 2 aromatic carbocycles. The molecule has 1 aromatic heterocycles. The predicted octanol–water partition coefficient (Wildman–Crippen LogP) is 3.88. The molecule has 0 bridgehead atoms.